The lowest BCUT2D eigenvalue weighted by molar-refractivity contribution is 1.18. The van der Waals surface area contributed by atoms with Crippen LogP contribution in [0.4, 0.5) is 0 Å². The summed E-state index contributed by atoms with van der Waals surface area (Å²) in [7, 11) is 0. The van der Waals surface area contributed by atoms with E-state index in [1.807, 2.05) is 0 Å². The molecule has 7 aromatic carbocycles. The van der Waals surface area contributed by atoms with Gasteiger partial charge in [0.05, 0.1) is 38.6 Å². The largest absolute Gasteiger partial charge is 0.309 e. The summed E-state index contributed by atoms with van der Waals surface area (Å²) in [4.78, 5) is 5.24. The van der Waals surface area contributed by atoms with Crippen molar-refractivity contribution < 1.29 is 0 Å². The fourth-order valence-electron chi connectivity index (χ4n) is 8.02. The predicted octanol–water partition coefficient (Wildman–Crippen LogP) is 11.0. The summed E-state index contributed by atoms with van der Waals surface area (Å²) in [6.07, 6.45) is 0. The maximum absolute atomic E-state index is 5.24. The molecule has 4 heteroatoms. The van der Waals surface area contributed by atoms with Gasteiger partial charge in [-0.1, -0.05) is 91.0 Å². The Morgan fingerprint density at radius 3 is 1.32 bits per heavy atom. The number of fused-ring (bicyclic) bond motifs is 14. The Balaban J connectivity index is 1.27. The molecule has 4 nitrogen and oxygen atoms in total. The maximum Gasteiger partial charge on any atom is 0.146 e. The Labute approximate surface area is 268 Å². The maximum atomic E-state index is 5.24. The lowest BCUT2D eigenvalue weighted by atomic mass is 10.0. The highest BCUT2D eigenvalue weighted by Gasteiger charge is 2.18. The monoisotopic (exact) mass is 598 g/mol. The molecule has 0 N–H and O–H groups in total. The molecule has 11 rings (SSSR count). The van der Waals surface area contributed by atoms with Gasteiger partial charge in [-0.2, -0.15) is 0 Å². The highest BCUT2D eigenvalue weighted by atomic mass is 15.0. The van der Waals surface area contributed by atoms with Gasteiger partial charge in [0.25, 0.3) is 0 Å². The number of imidazole rings is 1. The summed E-state index contributed by atoms with van der Waals surface area (Å²) in [5.74, 6) is 0. The van der Waals surface area contributed by atoms with Gasteiger partial charge in [-0.15, -0.1) is 0 Å². The summed E-state index contributed by atoms with van der Waals surface area (Å²) >= 11 is 0. The smallest absolute Gasteiger partial charge is 0.146 e. The van der Waals surface area contributed by atoms with Gasteiger partial charge in [0.2, 0.25) is 0 Å². The molecule has 0 aliphatic rings. The molecule has 0 radical (unpaired) electrons. The molecule has 4 aromatic heterocycles. The third kappa shape index (κ3) is 3.28. The molecular formula is C43H26N4. The minimum absolute atomic E-state index is 0.973. The van der Waals surface area contributed by atoms with Crippen LogP contribution in [0.1, 0.15) is 0 Å². The minimum atomic E-state index is 0.973. The lowest BCUT2D eigenvalue weighted by Gasteiger charge is -2.15. The van der Waals surface area contributed by atoms with Crippen molar-refractivity contribution in [3.63, 3.8) is 0 Å². The quantitative estimate of drug-likeness (QED) is 0.182. The van der Waals surface area contributed by atoms with Crippen LogP contribution in [0.3, 0.4) is 0 Å². The topological polar surface area (TPSA) is 27.2 Å². The lowest BCUT2D eigenvalue weighted by Crippen LogP contribution is -1.98. The van der Waals surface area contributed by atoms with E-state index in [2.05, 4.69) is 171 Å². The Morgan fingerprint density at radius 2 is 0.766 bits per heavy atom. The fraction of sp³-hybridized carbons (Fsp3) is 0. The molecular weight excluding hydrogens is 573 g/mol. The number of rotatable bonds is 2. The van der Waals surface area contributed by atoms with Crippen molar-refractivity contribution in [3.8, 4) is 11.4 Å². The standard InChI is InChI=1S/C43H26N4/c1-6-16-37-30(11-1)31-12-2-7-17-38(31)45(37)27-21-23-29-34-25-28(46-39-18-8-3-13-32(39)33-14-4-9-19-40(33)46)22-24-41(34)47-42-20-10-5-15-36(42)44-43(47)35(29)26-27/h1-26H. The van der Waals surface area contributed by atoms with E-state index in [1.54, 1.807) is 0 Å². The van der Waals surface area contributed by atoms with Gasteiger partial charge >= 0.3 is 0 Å². The Kier molecular flexibility index (Phi) is 4.81. The summed E-state index contributed by atoms with van der Waals surface area (Å²) in [6, 6.07) is 57.1. The average Bonchev–Trinajstić information content (AvgIpc) is 3.80. The second-order valence-corrected chi connectivity index (χ2v) is 12.4. The fourth-order valence-corrected chi connectivity index (χ4v) is 8.02. The van der Waals surface area contributed by atoms with E-state index in [9.17, 15) is 0 Å². The van der Waals surface area contributed by atoms with E-state index >= 15 is 0 Å². The number of benzene rings is 7. The first kappa shape index (κ1) is 24.9. The minimum Gasteiger partial charge on any atom is -0.309 e. The van der Waals surface area contributed by atoms with Crippen molar-refractivity contribution in [2.45, 2.75) is 0 Å². The third-order valence-corrected chi connectivity index (χ3v) is 9.99. The van der Waals surface area contributed by atoms with Crippen molar-refractivity contribution in [2.24, 2.45) is 0 Å². The van der Waals surface area contributed by atoms with E-state index in [-0.39, 0.29) is 0 Å². The van der Waals surface area contributed by atoms with Gasteiger partial charge in [0.1, 0.15) is 5.65 Å². The van der Waals surface area contributed by atoms with Gasteiger partial charge in [-0.25, -0.2) is 4.98 Å². The highest BCUT2D eigenvalue weighted by molar-refractivity contribution is 6.16. The zero-order valence-corrected chi connectivity index (χ0v) is 25.3. The zero-order valence-electron chi connectivity index (χ0n) is 25.3. The molecule has 11 aromatic rings. The van der Waals surface area contributed by atoms with E-state index in [0.717, 1.165) is 39.0 Å². The van der Waals surface area contributed by atoms with Gasteiger partial charge in [-0.3, -0.25) is 4.40 Å². The summed E-state index contributed by atoms with van der Waals surface area (Å²) in [6.45, 7) is 0. The molecule has 0 amide bonds. The molecule has 47 heavy (non-hydrogen) atoms. The number of para-hydroxylation sites is 6. The normalized spacial score (nSPS) is 12.3. The third-order valence-electron chi connectivity index (χ3n) is 9.99. The Hall–Kier alpha value is -6.39. The first-order valence-corrected chi connectivity index (χ1v) is 16.1. The summed E-state index contributed by atoms with van der Waals surface area (Å²) < 4.78 is 7.14. The number of nitrogens with zero attached hydrogens (tertiary/aromatic N) is 4. The van der Waals surface area contributed by atoms with Crippen LogP contribution >= 0.6 is 0 Å². The molecule has 0 bridgehead atoms. The molecule has 218 valence electrons. The van der Waals surface area contributed by atoms with Crippen LogP contribution in [-0.4, -0.2) is 18.5 Å². The number of aromatic nitrogens is 4. The van der Waals surface area contributed by atoms with Crippen LogP contribution in [0.15, 0.2) is 158 Å². The number of hydrogen-bond donors (Lipinski definition) is 0. The Morgan fingerprint density at radius 1 is 0.319 bits per heavy atom. The average molecular weight is 599 g/mol. The van der Waals surface area contributed by atoms with Crippen LogP contribution in [0.25, 0.3) is 93.3 Å². The van der Waals surface area contributed by atoms with Gasteiger partial charge < -0.3 is 9.13 Å². The molecule has 0 unspecified atom stereocenters. The zero-order chi connectivity index (χ0) is 30.6. The van der Waals surface area contributed by atoms with Gasteiger partial charge in [0.15, 0.2) is 0 Å². The highest BCUT2D eigenvalue weighted by Crippen LogP contribution is 2.39. The molecule has 0 aliphatic carbocycles. The van der Waals surface area contributed by atoms with Crippen molar-refractivity contribution in [1.29, 1.82) is 0 Å². The van der Waals surface area contributed by atoms with Crippen LogP contribution in [0.5, 0.6) is 0 Å². The Bertz CT molecular complexity index is 2970. The van der Waals surface area contributed by atoms with Crippen molar-refractivity contribution in [1.82, 2.24) is 18.5 Å². The number of hydrogen-bond acceptors (Lipinski definition) is 1. The van der Waals surface area contributed by atoms with E-state index < -0.39 is 0 Å². The molecule has 4 heterocycles. The first-order chi connectivity index (χ1) is 23.3. The van der Waals surface area contributed by atoms with Crippen molar-refractivity contribution >= 4 is 82.0 Å². The molecule has 0 saturated heterocycles. The predicted molar refractivity (Wildman–Crippen MR) is 196 cm³/mol. The molecule has 0 aliphatic heterocycles. The van der Waals surface area contributed by atoms with E-state index in [4.69, 9.17) is 4.98 Å². The summed E-state index contributed by atoms with van der Waals surface area (Å²) in [5.41, 5.74) is 11.3. The molecule has 0 fully saturated rings. The number of pyridine rings is 1. The van der Waals surface area contributed by atoms with Crippen LogP contribution < -0.4 is 0 Å². The van der Waals surface area contributed by atoms with Crippen LogP contribution in [0.2, 0.25) is 0 Å². The second-order valence-electron chi connectivity index (χ2n) is 12.4. The molecule has 0 atom stereocenters. The van der Waals surface area contributed by atoms with E-state index in [1.165, 1.54) is 54.4 Å². The SMILES string of the molecule is c1ccc2c(c1)nc1c3cc(-n4c5ccccc5c5ccccc54)ccc3c3cc(-n4c5ccccc5c5ccccc54)ccc3n21. The van der Waals surface area contributed by atoms with Crippen molar-refractivity contribution in [3.05, 3.63) is 158 Å². The van der Waals surface area contributed by atoms with Crippen molar-refractivity contribution in [2.75, 3.05) is 0 Å². The van der Waals surface area contributed by atoms with Gasteiger partial charge in [-0.05, 0) is 72.1 Å². The van der Waals surface area contributed by atoms with E-state index in [0.29, 0.717) is 0 Å². The molecule has 0 spiro atoms. The van der Waals surface area contributed by atoms with Crippen LogP contribution in [0, 0.1) is 0 Å². The summed E-state index contributed by atoms with van der Waals surface area (Å²) in [5, 5.41) is 8.56. The van der Waals surface area contributed by atoms with Crippen LogP contribution in [-0.2, 0) is 0 Å². The second kappa shape index (κ2) is 9.09. The van der Waals surface area contributed by atoms with Gasteiger partial charge in [0, 0.05) is 43.7 Å². The first-order valence-electron chi connectivity index (χ1n) is 16.1. The molecule has 0 saturated carbocycles.